The van der Waals surface area contributed by atoms with Crippen molar-refractivity contribution in [2.45, 2.75) is 19.9 Å². The van der Waals surface area contributed by atoms with Crippen molar-refractivity contribution in [1.29, 1.82) is 0 Å². The number of nitrogens with one attached hydrogen (secondary N) is 1. The maximum atomic E-state index is 13.0. The summed E-state index contributed by atoms with van der Waals surface area (Å²) < 4.78 is 13.0. The first kappa shape index (κ1) is 17.3. The first-order valence-corrected chi connectivity index (χ1v) is 8.41. The Labute approximate surface area is 145 Å². The highest BCUT2D eigenvalue weighted by Crippen LogP contribution is 2.15. The van der Waals surface area contributed by atoms with E-state index in [0.29, 0.717) is 0 Å². The Morgan fingerprint density at radius 2 is 1.64 bits per heavy atom. The Morgan fingerprint density at radius 1 is 1.04 bits per heavy atom. The lowest BCUT2D eigenvalue weighted by atomic mass is 10.2. The third kappa shape index (κ3) is 3.34. The zero-order chi connectivity index (χ0) is 18.1. The topological polar surface area (TPSA) is 65.4 Å². The van der Waals surface area contributed by atoms with Crippen molar-refractivity contribution in [1.82, 2.24) is 9.80 Å². The van der Waals surface area contributed by atoms with Crippen LogP contribution in [0.4, 0.5) is 14.9 Å². The molecule has 2 fully saturated rings. The van der Waals surface area contributed by atoms with Crippen molar-refractivity contribution in [3.63, 3.8) is 0 Å². The molecule has 4 amide bonds. The number of carbonyl (C=O) groups is 3. The van der Waals surface area contributed by atoms with Crippen molar-refractivity contribution in [2.24, 2.45) is 0 Å². The van der Waals surface area contributed by atoms with Crippen LogP contribution in [0.15, 0.2) is 24.3 Å². The highest BCUT2D eigenvalue weighted by Gasteiger charge is 2.47. The molecule has 0 aliphatic carbocycles. The zero-order valence-corrected chi connectivity index (χ0v) is 14.4. The number of carbonyl (C=O) groups excluding carboxylic acids is 3. The Balaban J connectivity index is 1.59. The van der Waals surface area contributed by atoms with Crippen LogP contribution in [0.3, 0.4) is 0 Å². The van der Waals surface area contributed by atoms with E-state index >= 15 is 0 Å². The fourth-order valence-corrected chi connectivity index (χ4v) is 3.23. The molecule has 2 aliphatic heterocycles. The second kappa shape index (κ2) is 6.79. The van der Waals surface area contributed by atoms with E-state index < -0.39 is 17.8 Å². The van der Waals surface area contributed by atoms with Crippen LogP contribution in [-0.2, 0) is 9.59 Å². The SMILES string of the molecule is CC(C)N1C(=O)C(=O)N(C[NH+]2CCN(c3ccc(F)cc3)CC2)C1=O. The van der Waals surface area contributed by atoms with Crippen molar-refractivity contribution in [3.8, 4) is 0 Å². The van der Waals surface area contributed by atoms with Crippen LogP contribution in [0, 0.1) is 5.82 Å². The second-order valence-electron chi connectivity index (χ2n) is 6.66. The Kier molecular flexibility index (Phi) is 4.71. The quantitative estimate of drug-likeness (QED) is 0.598. The Morgan fingerprint density at radius 3 is 2.16 bits per heavy atom. The molecule has 2 heterocycles. The molecule has 2 aliphatic rings. The summed E-state index contributed by atoms with van der Waals surface area (Å²) in [4.78, 5) is 41.6. The molecule has 2 saturated heterocycles. The van der Waals surface area contributed by atoms with Crippen molar-refractivity contribution in [3.05, 3.63) is 30.1 Å². The Bertz CT molecular complexity index is 684. The maximum Gasteiger partial charge on any atom is 0.338 e. The van der Waals surface area contributed by atoms with E-state index in [1.54, 1.807) is 26.0 Å². The van der Waals surface area contributed by atoms with Crippen LogP contribution >= 0.6 is 0 Å². The van der Waals surface area contributed by atoms with Gasteiger partial charge in [0.1, 0.15) is 5.82 Å². The van der Waals surface area contributed by atoms with Gasteiger partial charge in [-0.2, -0.15) is 0 Å². The van der Waals surface area contributed by atoms with Crippen LogP contribution in [0.1, 0.15) is 13.8 Å². The average Bonchev–Trinajstić information content (AvgIpc) is 2.80. The zero-order valence-electron chi connectivity index (χ0n) is 14.4. The summed E-state index contributed by atoms with van der Waals surface area (Å²) in [6, 6.07) is 5.49. The summed E-state index contributed by atoms with van der Waals surface area (Å²) in [5.41, 5.74) is 0.954. The van der Waals surface area contributed by atoms with Gasteiger partial charge in [0, 0.05) is 11.7 Å². The normalized spacial score (nSPS) is 19.5. The first-order chi connectivity index (χ1) is 11.9. The summed E-state index contributed by atoms with van der Waals surface area (Å²) in [5, 5.41) is 0. The number of amides is 4. The highest BCUT2D eigenvalue weighted by molar-refractivity contribution is 6.44. The van der Waals surface area contributed by atoms with Crippen molar-refractivity contribution in [2.75, 3.05) is 37.7 Å². The van der Waals surface area contributed by atoms with Gasteiger partial charge in [-0.1, -0.05) is 0 Å². The number of halogens is 1. The van der Waals surface area contributed by atoms with E-state index in [4.69, 9.17) is 0 Å². The molecule has 0 bridgehead atoms. The maximum absolute atomic E-state index is 13.0. The number of benzene rings is 1. The molecular formula is C17H22FN4O3+. The molecule has 8 heteroatoms. The predicted octanol–water partition coefficient (Wildman–Crippen LogP) is -0.313. The van der Waals surface area contributed by atoms with Crippen LogP contribution in [0.25, 0.3) is 0 Å². The average molecular weight is 349 g/mol. The van der Waals surface area contributed by atoms with E-state index in [-0.39, 0.29) is 18.5 Å². The molecule has 1 aromatic carbocycles. The number of hydrogen-bond donors (Lipinski definition) is 1. The molecule has 0 saturated carbocycles. The summed E-state index contributed by atoms with van der Waals surface area (Å²) >= 11 is 0. The number of quaternary nitrogens is 1. The number of imide groups is 2. The molecule has 0 unspecified atom stereocenters. The van der Waals surface area contributed by atoms with E-state index in [2.05, 4.69) is 4.90 Å². The number of anilines is 1. The van der Waals surface area contributed by atoms with Gasteiger partial charge in [-0.15, -0.1) is 0 Å². The molecule has 3 rings (SSSR count). The van der Waals surface area contributed by atoms with Crippen LogP contribution < -0.4 is 9.80 Å². The standard InChI is InChI=1S/C17H21FN4O3/c1-12(2)22-16(24)15(23)21(17(22)25)11-19-7-9-20(10-8-19)14-5-3-13(18)4-6-14/h3-6,12H,7-11H2,1-2H3/p+1. The molecule has 1 aromatic rings. The molecule has 0 spiro atoms. The monoisotopic (exact) mass is 349 g/mol. The summed E-state index contributed by atoms with van der Waals surface area (Å²) in [5.74, 6) is -1.75. The number of urea groups is 1. The molecule has 0 atom stereocenters. The first-order valence-electron chi connectivity index (χ1n) is 8.41. The van der Waals surface area contributed by atoms with Gasteiger partial charge in [0.25, 0.3) is 0 Å². The van der Waals surface area contributed by atoms with E-state index in [1.807, 2.05) is 0 Å². The minimum atomic E-state index is -0.746. The van der Waals surface area contributed by atoms with Gasteiger partial charge >= 0.3 is 17.8 Å². The summed E-state index contributed by atoms with van der Waals surface area (Å²) in [6.45, 7) is 6.54. The number of nitrogens with zero attached hydrogens (tertiary/aromatic N) is 3. The van der Waals surface area contributed by atoms with Gasteiger partial charge in [-0.05, 0) is 38.1 Å². The van der Waals surface area contributed by atoms with Crippen molar-refractivity contribution >= 4 is 23.5 Å². The van der Waals surface area contributed by atoms with Crippen LogP contribution in [0.5, 0.6) is 0 Å². The van der Waals surface area contributed by atoms with E-state index in [9.17, 15) is 18.8 Å². The van der Waals surface area contributed by atoms with E-state index in [0.717, 1.165) is 46.6 Å². The number of piperazine rings is 1. The molecule has 0 aromatic heterocycles. The highest BCUT2D eigenvalue weighted by atomic mass is 19.1. The lowest BCUT2D eigenvalue weighted by Gasteiger charge is -2.34. The summed E-state index contributed by atoms with van der Waals surface area (Å²) in [6.07, 6.45) is 0. The fourth-order valence-electron chi connectivity index (χ4n) is 3.23. The fraction of sp³-hybridized carbons (Fsp3) is 0.471. The molecule has 0 radical (unpaired) electrons. The molecule has 1 N–H and O–H groups in total. The number of hydrogen-bond acceptors (Lipinski definition) is 4. The van der Waals surface area contributed by atoms with Gasteiger partial charge in [-0.25, -0.2) is 14.1 Å². The molecule has 25 heavy (non-hydrogen) atoms. The van der Waals surface area contributed by atoms with Crippen molar-refractivity contribution < 1.29 is 23.7 Å². The lowest BCUT2D eigenvalue weighted by molar-refractivity contribution is -0.907. The lowest BCUT2D eigenvalue weighted by Crippen LogP contribution is -3.16. The van der Waals surface area contributed by atoms with Crippen LogP contribution in [0.2, 0.25) is 0 Å². The minimum Gasteiger partial charge on any atom is -0.360 e. The molecule has 134 valence electrons. The molecule has 7 nitrogen and oxygen atoms in total. The largest absolute Gasteiger partial charge is 0.360 e. The second-order valence-corrected chi connectivity index (χ2v) is 6.66. The minimum absolute atomic E-state index is 0.198. The van der Waals surface area contributed by atoms with Gasteiger partial charge in [0.05, 0.1) is 26.2 Å². The van der Waals surface area contributed by atoms with Gasteiger partial charge in [0.15, 0.2) is 6.67 Å². The van der Waals surface area contributed by atoms with Crippen LogP contribution in [-0.4, -0.2) is 66.5 Å². The predicted molar refractivity (Wildman–Crippen MR) is 88.4 cm³/mol. The summed E-state index contributed by atoms with van der Waals surface area (Å²) in [7, 11) is 0. The smallest absolute Gasteiger partial charge is 0.338 e. The third-order valence-corrected chi connectivity index (χ3v) is 4.64. The van der Waals surface area contributed by atoms with Gasteiger partial charge in [-0.3, -0.25) is 14.5 Å². The van der Waals surface area contributed by atoms with Gasteiger partial charge < -0.3 is 9.80 Å². The number of rotatable bonds is 4. The molecular weight excluding hydrogens is 327 g/mol. The van der Waals surface area contributed by atoms with E-state index in [1.165, 1.54) is 12.1 Å². The van der Waals surface area contributed by atoms with Gasteiger partial charge in [0.2, 0.25) is 0 Å². The Hall–Kier alpha value is -2.48. The third-order valence-electron chi connectivity index (χ3n) is 4.64.